The number of hydrogen-bond acceptors (Lipinski definition) is 6. The number of nitriles is 1. The van der Waals surface area contributed by atoms with Crippen molar-refractivity contribution in [2.75, 3.05) is 19.0 Å². The first-order chi connectivity index (χ1) is 8.41. The summed E-state index contributed by atoms with van der Waals surface area (Å²) in [6, 6.07) is 4.71. The number of rotatable bonds is 5. The van der Waals surface area contributed by atoms with Gasteiger partial charge >= 0.3 is 0 Å². The summed E-state index contributed by atoms with van der Waals surface area (Å²) >= 11 is 0. The number of hydrogen-bond donors (Lipinski definition) is 2. The highest BCUT2D eigenvalue weighted by atomic mass is 32.2. The normalized spacial score (nSPS) is 13.1. The van der Waals surface area contributed by atoms with Gasteiger partial charge in [-0.1, -0.05) is 0 Å². The second-order valence-electron chi connectivity index (χ2n) is 3.84. The fraction of sp³-hybridized carbons (Fsp3) is 0.400. The largest absolute Gasteiger partial charge is 0.308 e. The summed E-state index contributed by atoms with van der Waals surface area (Å²) in [5.74, 6) is 5.06. The molecule has 8 heteroatoms. The predicted octanol–water partition coefficient (Wildman–Crippen LogP) is 0.147. The van der Waals surface area contributed by atoms with Crippen LogP contribution in [0, 0.1) is 17.2 Å². The van der Waals surface area contributed by atoms with E-state index in [1.807, 2.05) is 6.07 Å². The van der Waals surface area contributed by atoms with Crippen molar-refractivity contribution in [2.45, 2.75) is 11.8 Å². The van der Waals surface area contributed by atoms with Gasteiger partial charge in [-0.25, -0.2) is 19.2 Å². The Morgan fingerprint density at radius 2 is 2.33 bits per heavy atom. The number of nitrogens with one attached hydrogen (secondary N) is 1. The lowest BCUT2D eigenvalue weighted by Crippen LogP contribution is -2.31. The molecule has 0 aliphatic carbocycles. The molecule has 1 aromatic heterocycles. The SMILES string of the molecule is CC(C#N)CN(C)S(=O)(=O)c1ccnc(NN)c1. The standard InChI is InChI=1S/C10H15N5O2S/c1-8(6-11)7-15(2)18(16,17)9-3-4-13-10(5-9)14-12/h3-5,8H,7,12H2,1-2H3,(H,13,14). The van der Waals surface area contributed by atoms with Gasteiger partial charge in [0.2, 0.25) is 10.0 Å². The molecule has 0 saturated carbocycles. The van der Waals surface area contributed by atoms with E-state index in [-0.39, 0.29) is 23.2 Å². The number of sulfonamides is 1. The number of aromatic nitrogens is 1. The van der Waals surface area contributed by atoms with Crippen LogP contribution in [-0.4, -0.2) is 31.3 Å². The third-order valence-electron chi connectivity index (χ3n) is 2.34. The maximum Gasteiger partial charge on any atom is 0.243 e. The second-order valence-corrected chi connectivity index (χ2v) is 5.88. The van der Waals surface area contributed by atoms with E-state index in [1.165, 1.54) is 25.4 Å². The summed E-state index contributed by atoms with van der Waals surface area (Å²) in [4.78, 5) is 3.92. The Morgan fingerprint density at radius 1 is 1.67 bits per heavy atom. The Kier molecular flexibility index (Phi) is 4.61. The van der Waals surface area contributed by atoms with Crippen molar-refractivity contribution in [2.24, 2.45) is 11.8 Å². The van der Waals surface area contributed by atoms with Gasteiger partial charge in [-0.15, -0.1) is 0 Å². The first kappa shape index (κ1) is 14.4. The quantitative estimate of drug-likeness (QED) is 0.581. The van der Waals surface area contributed by atoms with Crippen LogP contribution < -0.4 is 11.3 Å². The molecule has 1 rings (SSSR count). The van der Waals surface area contributed by atoms with E-state index in [4.69, 9.17) is 11.1 Å². The second kappa shape index (κ2) is 5.77. The highest BCUT2D eigenvalue weighted by Gasteiger charge is 2.22. The van der Waals surface area contributed by atoms with Gasteiger partial charge in [-0.05, 0) is 13.0 Å². The highest BCUT2D eigenvalue weighted by molar-refractivity contribution is 7.89. The first-order valence-electron chi connectivity index (χ1n) is 5.20. The zero-order valence-corrected chi connectivity index (χ0v) is 11.0. The molecule has 1 atom stereocenters. The molecular formula is C10H15N5O2S. The van der Waals surface area contributed by atoms with Crippen LogP contribution in [0.2, 0.25) is 0 Å². The molecule has 18 heavy (non-hydrogen) atoms. The molecule has 0 fully saturated rings. The lowest BCUT2D eigenvalue weighted by atomic mass is 10.2. The minimum absolute atomic E-state index is 0.0816. The number of nitrogens with zero attached hydrogens (tertiary/aromatic N) is 3. The summed E-state index contributed by atoms with van der Waals surface area (Å²) in [5, 5.41) is 8.69. The van der Waals surface area contributed by atoms with Crippen LogP contribution in [0.3, 0.4) is 0 Å². The summed E-state index contributed by atoms with van der Waals surface area (Å²) < 4.78 is 25.5. The number of pyridine rings is 1. The van der Waals surface area contributed by atoms with Crippen LogP contribution in [0.25, 0.3) is 0 Å². The minimum atomic E-state index is -3.63. The Balaban J connectivity index is 3.02. The summed E-state index contributed by atoms with van der Waals surface area (Å²) in [6.45, 7) is 1.79. The molecule has 0 aromatic carbocycles. The molecule has 98 valence electrons. The van der Waals surface area contributed by atoms with Crippen molar-refractivity contribution >= 4 is 15.8 Å². The average molecular weight is 269 g/mol. The molecule has 1 unspecified atom stereocenters. The average Bonchev–Trinajstić information content (AvgIpc) is 2.38. The van der Waals surface area contributed by atoms with Crippen LogP contribution in [0.5, 0.6) is 0 Å². The summed E-state index contributed by atoms with van der Waals surface area (Å²) in [5.41, 5.74) is 2.28. The molecule has 0 saturated heterocycles. The molecule has 0 amide bonds. The van der Waals surface area contributed by atoms with Gasteiger partial charge in [-0.3, -0.25) is 0 Å². The lowest BCUT2D eigenvalue weighted by Gasteiger charge is -2.18. The highest BCUT2D eigenvalue weighted by Crippen LogP contribution is 2.17. The maximum atomic E-state index is 12.2. The van der Waals surface area contributed by atoms with E-state index in [1.54, 1.807) is 6.92 Å². The fourth-order valence-corrected chi connectivity index (χ4v) is 2.63. The van der Waals surface area contributed by atoms with Crippen LogP contribution in [-0.2, 0) is 10.0 Å². The predicted molar refractivity (Wildman–Crippen MR) is 66.6 cm³/mol. The molecule has 1 heterocycles. The summed E-state index contributed by atoms with van der Waals surface area (Å²) in [7, 11) is -2.20. The molecule has 0 spiro atoms. The van der Waals surface area contributed by atoms with Gasteiger partial charge in [0.15, 0.2) is 0 Å². The van der Waals surface area contributed by atoms with E-state index in [2.05, 4.69) is 10.4 Å². The van der Waals surface area contributed by atoms with Gasteiger partial charge < -0.3 is 5.43 Å². The topological polar surface area (TPSA) is 112 Å². The van der Waals surface area contributed by atoms with Crippen molar-refractivity contribution in [1.82, 2.24) is 9.29 Å². The van der Waals surface area contributed by atoms with Gasteiger partial charge in [0.1, 0.15) is 5.82 Å². The number of anilines is 1. The zero-order valence-electron chi connectivity index (χ0n) is 10.2. The summed E-state index contributed by atoms with van der Waals surface area (Å²) in [6.07, 6.45) is 1.35. The Labute approximate surface area is 106 Å². The van der Waals surface area contributed by atoms with Crippen molar-refractivity contribution < 1.29 is 8.42 Å². The van der Waals surface area contributed by atoms with Crippen LogP contribution in [0.15, 0.2) is 23.2 Å². The lowest BCUT2D eigenvalue weighted by molar-refractivity contribution is 0.439. The Hall–Kier alpha value is -1.69. The monoisotopic (exact) mass is 269 g/mol. The third-order valence-corrected chi connectivity index (χ3v) is 4.16. The zero-order chi connectivity index (χ0) is 13.8. The van der Waals surface area contributed by atoms with E-state index >= 15 is 0 Å². The number of nitrogens with two attached hydrogens (primary N) is 1. The first-order valence-corrected chi connectivity index (χ1v) is 6.64. The van der Waals surface area contributed by atoms with Crippen molar-refractivity contribution in [3.8, 4) is 6.07 Å². The van der Waals surface area contributed by atoms with E-state index in [0.29, 0.717) is 0 Å². The molecule has 0 bridgehead atoms. The molecule has 0 aliphatic heterocycles. The van der Waals surface area contributed by atoms with Crippen molar-refractivity contribution in [3.63, 3.8) is 0 Å². The number of hydrazine groups is 1. The van der Waals surface area contributed by atoms with Crippen LogP contribution in [0.1, 0.15) is 6.92 Å². The van der Waals surface area contributed by atoms with Gasteiger partial charge in [0, 0.05) is 25.9 Å². The van der Waals surface area contributed by atoms with Crippen molar-refractivity contribution in [1.29, 1.82) is 5.26 Å². The van der Waals surface area contributed by atoms with E-state index in [0.717, 1.165) is 4.31 Å². The smallest absolute Gasteiger partial charge is 0.243 e. The van der Waals surface area contributed by atoms with E-state index < -0.39 is 10.0 Å². The van der Waals surface area contributed by atoms with E-state index in [9.17, 15) is 8.42 Å². The molecular weight excluding hydrogens is 254 g/mol. The van der Waals surface area contributed by atoms with Crippen LogP contribution in [0.4, 0.5) is 5.82 Å². The number of nitrogen functional groups attached to an aromatic ring is 1. The fourth-order valence-electron chi connectivity index (χ4n) is 1.36. The Bertz CT molecular complexity index is 552. The molecule has 3 N–H and O–H groups in total. The van der Waals surface area contributed by atoms with Crippen LogP contribution >= 0.6 is 0 Å². The molecule has 7 nitrogen and oxygen atoms in total. The third kappa shape index (κ3) is 3.16. The van der Waals surface area contributed by atoms with Crippen molar-refractivity contribution in [3.05, 3.63) is 18.3 Å². The van der Waals surface area contributed by atoms with Gasteiger partial charge in [-0.2, -0.15) is 9.57 Å². The molecule has 1 aromatic rings. The minimum Gasteiger partial charge on any atom is -0.308 e. The molecule has 0 aliphatic rings. The van der Waals surface area contributed by atoms with Gasteiger partial charge in [0.25, 0.3) is 0 Å². The van der Waals surface area contributed by atoms with Gasteiger partial charge in [0.05, 0.1) is 16.9 Å². The Morgan fingerprint density at radius 3 is 2.89 bits per heavy atom. The molecule has 0 radical (unpaired) electrons. The maximum absolute atomic E-state index is 12.2.